The van der Waals surface area contributed by atoms with Crippen molar-refractivity contribution in [3.05, 3.63) is 11.9 Å². The molecule has 1 rings (SSSR count). The molecule has 0 saturated heterocycles. The lowest BCUT2D eigenvalue weighted by atomic mass is 10.3. The van der Waals surface area contributed by atoms with Gasteiger partial charge in [-0.2, -0.15) is 0 Å². The van der Waals surface area contributed by atoms with Gasteiger partial charge in [0.1, 0.15) is 0 Å². The SMILES string of the molecule is CC(O)c1cnc(SCCl)n1C. The Kier molecular flexibility index (Phi) is 3.43. The van der Waals surface area contributed by atoms with Gasteiger partial charge in [0.15, 0.2) is 5.16 Å². The molecule has 1 aromatic heterocycles. The van der Waals surface area contributed by atoms with Gasteiger partial charge in [0.2, 0.25) is 0 Å². The fourth-order valence-electron chi connectivity index (χ4n) is 0.976. The van der Waals surface area contributed by atoms with Crippen LogP contribution in [0.5, 0.6) is 0 Å². The molecule has 1 unspecified atom stereocenters. The zero-order valence-corrected chi connectivity index (χ0v) is 8.56. The van der Waals surface area contributed by atoms with E-state index in [9.17, 15) is 5.11 Å². The summed E-state index contributed by atoms with van der Waals surface area (Å²) in [6.07, 6.45) is 1.19. The lowest BCUT2D eigenvalue weighted by Crippen LogP contribution is -2.01. The summed E-state index contributed by atoms with van der Waals surface area (Å²) in [5.74, 6) is 0. The van der Waals surface area contributed by atoms with Crippen LogP contribution in [-0.2, 0) is 7.05 Å². The molecule has 0 bridgehead atoms. The first-order chi connectivity index (χ1) is 5.66. The van der Waals surface area contributed by atoms with E-state index >= 15 is 0 Å². The summed E-state index contributed by atoms with van der Waals surface area (Å²) < 4.78 is 1.84. The molecule has 1 atom stereocenters. The minimum absolute atomic E-state index is 0.476. The van der Waals surface area contributed by atoms with Crippen molar-refractivity contribution in [1.82, 2.24) is 9.55 Å². The lowest BCUT2D eigenvalue weighted by Gasteiger charge is -2.05. The fraction of sp³-hybridized carbons (Fsp3) is 0.571. The Bertz CT molecular complexity index is 262. The third-order valence-electron chi connectivity index (χ3n) is 1.59. The molecule has 0 radical (unpaired) electrons. The molecule has 68 valence electrons. The summed E-state index contributed by atoms with van der Waals surface area (Å²) in [6, 6.07) is 0. The second-order valence-corrected chi connectivity index (χ2v) is 3.98. The summed E-state index contributed by atoms with van der Waals surface area (Å²) in [7, 11) is 1.87. The van der Waals surface area contributed by atoms with Crippen LogP contribution in [0.4, 0.5) is 0 Å². The highest BCUT2D eigenvalue weighted by Crippen LogP contribution is 2.21. The normalized spacial score (nSPS) is 13.3. The fourth-order valence-corrected chi connectivity index (χ4v) is 1.79. The molecule has 3 nitrogen and oxygen atoms in total. The van der Waals surface area contributed by atoms with Gasteiger partial charge in [0.05, 0.1) is 23.2 Å². The Labute approximate surface area is 80.8 Å². The van der Waals surface area contributed by atoms with E-state index in [-0.39, 0.29) is 0 Å². The van der Waals surface area contributed by atoms with Crippen LogP contribution in [0.1, 0.15) is 18.7 Å². The van der Waals surface area contributed by atoms with Crippen LogP contribution in [0.3, 0.4) is 0 Å². The zero-order chi connectivity index (χ0) is 9.14. The molecular weight excluding hydrogens is 196 g/mol. The number of hydrogen-bond donors (Lipinski definition) is 1. The maximum absolute atomic E-state index is 9.28. The predicted molar refractivity (Wildman–Crippen MR) is 50.4 cm³/mol. The van der Waals surface area contributed by atoms with Crippen molar-refractivity contribution >= 4 is 23.4 Å². The van der Waals surface area contributed by atoms with Gasteiger partial charge in [-0.05, 0) is 6.92 Å². The van der Waals surface area contributed by atoms with E-state index in [2.05, 4.69) is 4.98 Å². The lowest BCUT2D eigenvalue weighted by molar-refractivity contribution is 0.189. The molecule has 0 aliphatic heterocycles. The molecule has 1 heterocycles. The quantitative estimate of drug-likeness (QED) is 0.605. The van der Waals surface area contributed by atoms with Crippen LogP contribution in [0.2, 0.25) is 0 Å². The van der Waals surface area contributed by atoms with Crippen molar-refractivity contribution in [3.8, 4) is 0 Å². The third kappa shape index (κ3) is 1.94. The molecule has 0 saturated carbocycles. The maximum atomic E-state index is 9.28. The van der Waals surface area contributed by atoms with Gasteiger partial charge in [-0.15, -0.1) is 11.6 Å². The Hall–Kier alpha value is -0.190. The van der Waals surface area contributed by atoms with Crippen LogP contribution >= 0.6 is 23.4 Å². The number of imidazole rings is 1. The molecule has 0 aromatic carbocycles. The second kappa shape index (κ2) is 4.16. The number of aliphatic hydroxyl groups excluding tert-OH is 1. The van der Waals surface area contributed by atoms with Gasteiger partial charge in [0.25, 0.3) is 0 Å². The largest absolute Gasteiger partial charge is 0.387 e. The monoisotopic (exact) mass is 206 g/mol. The van der Waals surface area contributed by atoms with Gasteiger partial charge in [-0.25, -0.2) is 4.98 Å². The number of rotatable bonds is 3. The van der Waals surface area contributed by atoms with Gasteiger partial charge in [0, 0.05) is 7.05 Å². The van der Waals surface area contributed by atoms with E-state index < -0.39 is 6.10 Å². The van der Waals surface area contributed by atoms with Crippen LogP contribution in [0.25, 0.3) is 0 Å². The Morgan fingerprint density at radius 1 is 1.83 bits per heavy atom. The van der Waals surface area contributed by atoms with Gasteiger partial charge < -0.3 is 9.67 Å². The molecule has 12 heavy (non-hydrogen) atoms. The summed E-state index contributed by atoms with van der Waals surface area (Å²) in [4.78, 5) is 4.11. The van der Waals surface area contributed by atoms with Gasteiger partial charge in [-0.1, -0.05) is 11.8 Å². The van der Waals surface area contributed by atoms with Crippen molar-refractivity contribution in [2.24, 2.45) is 7.05 Å². The first-order valence-electron chi connectivity index (χ1n) is 3.55. The van der Waals surface area contributed by atoms with E-state index in [0.717, 1.165) is 10.9 Å². The van der Waals surface area contributed by atoms with Crippen LogP contribution < -0.4 is 0 Å². The smallest absolute Gasteiger partial charge is 0.169 e. The van der Waals surface area contributed by atoms with Crippen molar-refractivity contribution < 1.29 is 5.11 Å². The van der Waals surface area contributed by atoms with Crippen LogP contribution in [0.15, 0.2) is 11.4 Å². The molecule has 0 amide bonds. The minimum atomic E-state index is -0.479. The number of halogens is 1. The number of alkyl halides is 1. The predicted octanol–water partition coefficient (Wildman–Crippen LogP) is 1.76. The maximum Gasteiger partial charge on any atom is 0.169 e. The van der Waals surface area contributed by atoms with E-state index in [1.54, 1.807) is 13.1 Å². The molecule has 5 heteroatoms. The topological polar surface area (TPSA) is 38.1 Å². The Morgan fingerprint density at radius 2 is 2.50 bits per heavy atom. The number of aromatic nitrogens is 2. The highest BCUT2D eigenvalue weighted by Gasteiger charge is 2.09. The standard InChI is InChI=1S/C7H11ClN2OS/c1-5(11)6-3-9-7(10(6)2)12-4-8/h3,5,11H,4H2,1-2H3. The summed E-state index contributed by atoms with van der Waals surface area (Å²) in [5, 5.41) is 10.6. The highest BCUT2D eigenvalue weighted by molar-refractivity contribution is 8.00. The highest BCUT2D eigenvalue weighted by atomic mass is 35.5. The average molecular weight is 207 g/mol. The molecule has 0 fully saturated rings. The van der Waals surface area contributed by atoms with E-state index in [1.165, 1.54) is 11.8 Å². The third-order valence-corrected chi connectivity index (χ3v) is 2.67. The Morgan fingerprint density at radius 3 is 2.92 bits per heavy atom. The summed E-state index contributed by atoms with van der Waals surface area (Å²) in [6.45, 7) is 1.71. The zero-order valence-electron chi connectivity index (χ0n) is 6.99. The van der Waals surface area contributed by atoms with Crippen LogP contribution in [-0.4, -0.2) is 19.9 Å². The summed E-state index contributed by atoms with van der Waals surface area (Å²) >= 11 is 6.99. The van der Waals surface area contributed by atoms with Crippen molar-refractivity contribution in [2.75, 3.05) is 5.21 Å². The Balaban J connectivity index is 2.88. The van der Waals surface area contributed by atoms with E-state index in [0.29, 0.717) is 5.21 Å². The van der Waals surface area contributed by atoms with E-state index in [4.69, 9.17) is 11.6 Å². The molecular formula is C7H11ClN2OS. The first kappa shape index (κ1) is 9.89. The van der Waals surface area contributed by atoms with Gasteiger partial charge >= 0.3 is 0 Å². The van der Waals surface area contributed by atoms with Crippen molar-refractivity contribution in [3.63, 3.8) is 0 Å². The van der Waals surface area contributed by atoms with Crippen LogP contribution in [0, 0.1) is 0 Å². The first-order valence-corrected chi connectivity index (χ1v) is 5.07. The average Bonchev–Trinajstić information content (AvgIpc) is 2.34. The molecule has 0 aliphatic carbocycles. The molecule has 1 N–H and O–H groups in total. The second-order valence-electron chi connectivity index (χ2n) is 2.45. The molecule has 0 spiro atoms. The number of nitrogens with zero attached hydrogens (tertiary/aromatic N) is 2. The number of thioether (sulfide) groups is 1. The number of aliphatic hydroxyl groups is 1. The number of hydrogen-bond acceptors (Lipinski definition) is 3. The van der Waals surface area contributed by atoms with Gasteiger partial charge in [-0.3, -0.25) is 0 Å². The summed E-state index contributed by atoms with van der Waals surface area (Å²) in [5.41, 5.74) is 0.808. The van der Waals surface area contributed by atoms with E-state index in [1.807, 2.05) is 11.6 Å². The van der Waals surface area contributed by atoms with Crippen molar-refractivity contribution in [1.29, 1.82) is 0 Å². The minimum Gasteiger partial charge on any atom is -0.387 e. The molecule has 1 aromatic rings. The van der Waals surface area contributed by atoms with Crippen molar-refractivity contribution in [2.45, 2.75) is 18.2 Å². The molecule has 0 aliphatic rings.